The number of amides is 1. The lowest BCUT2D eigenvalue weighted by atomic mass is 10.1. The van der Waals surface area contributed by atoms with Crippen molar-refractivity contribution in [2.45, 2.75) is 6.42 Å². The molecule has 0 spiro atoms. The fourth-order valence-corrected chi connectivity index (χ4v) is 2.67. The number of nitrogens with zero attached hydrogens (tertiary/aromatic N) is 2. The van der Waals surface area contributed by atoms with Crippen LogP contribution in [0.15, 0.2) is 66.9 Å². The molecule has 1 amide bonds. The van der Waals surface area contributed by atoms with E-state index in [-0.39, 0.29) is 5.91 Å². The molecule has 0 aliphatic heterocycles. The fourth-order valence-electron chi connectivity index (χ4n) is 2.67. The van der Waals surface area contributed by atoms with Gasteiger partial charge in [0.05, 0.1) is 18.7 Å². The molecule has 0 bridgehead atoms. The number of methoxy groups -OCH3 is 1. The number of carbonyl (C=O) groups excluding carboxylic acids is 1. The molecule has 0 saturated heterocycles. The molecule has 0 aliphatic carbocycles. The Kier molecular flexibility index (Phi) is 6.21. The maximum absolute atomic E-state index is 12.5. The lowest BCUT2D eigenvalue weighted by Gasteiger charge is -2.09. The van der Waals surface area contributed by atoms with Gasteiger partial charge in [0, 0.05) is 24.0 Å². The van der Waals surface area contributed by atoms with Crippen LogP contribution in [0.25, 0.3) is 0 Å². The summed E-state index contributed by atoms with van der Waals surface area (Å²) in [5.74, 6) is 1.21. The van der Waals surface area contributed by atoms with Gasteiger partial charge in [-0.1, -0.05) is 18.2 Å². The predicted octanol–water partition coefficient (Wildman–Crippen LogP) is 3.87. The molecule has 6 nitrogen and oxygen atoms in total. The molecule has 3 rings (SSSR count). The highest BCUT2D eigenvalue weighted by atomic mass is 16.5. The molecule has 0 fully saturated rings. The molecule has 0 radical (unpaired) electrons. The van der Waals surface area contributed by atoms with Gasteiger partial charge in [-0.05, 0) is 54.4 Å². The minimum absolute atomic E-state index is 0.254. The van der Waals surface area contributed by atoms with Gasteiger partial charge in [0.25, 0.3) is 5.91 Å². The Bertz CT molecular complexity index is 994. The van der Waals surface area contributed by atoms with Crippen molar-refractivity contribution in [3.05, 3.63) is 83.6 Å². The summed E-state index contributed by atoms with van der Waals surface area (Å²) in [7, 11) is 1.64. The molecule has 28 heavy (non-hydrogen) atoms. The second-order valence-electron chi connectivity index (χ2n) is 6.10. The lowest BCUT2D eigenvalue weighted by molar-refractivity contribution is 0.102. The minimum Gasteiger partial charge on any atom is -0.497 e. The maximum atomic E-state index is 12.5. The number of aromatic nitrogens is 1. The van der Waals surface area contributed by atoms with E-state index in [0.29, 0.717) is 29.2 Å². The van der Waals surface area contributed by atoms with Gasteiger partial charge in [-0.15, -0.1) is 0 Å². The number of ether oxygens (including phenoxy) is 1. The van der Waals surface area contributed by atoms with Crippen molar-refractivity contribution in [3.63, 3.8) is 0 Å². The van der Waals surface area contributed by atoms with Crippen molar-refractivity contribution in [2.24, 2.45) is 0 Å². The van der Waals surface area contributed by atoms with Crippen LogP contribution in [0, 0.1) is 11.3 Å². The van der Waals surface area contributed by atoms with E-state index in [9.17, 15) is 4.79 Å². The van der Waals surface area contributed by atoms with Crippen LogP contribution in [0.4, 0.5) is 11.5 Å². The Labute approximate surface area is 163 Å². The van der Waals surface area contributed by atoms with E-state index in [1.165, 1.54) is 5.56 Å². The zero-order chi connectivity index (χ0) is 19.8. The van der Waals surface area contributed by atoms with Gasteiger partial charge < -0.3 is 15.4 Å². The van der Waals surface area contributed by atoms with E-state index in [1.54, 1.807) is 49.7 Å². The first-order valence-corrected chi connectivity index (χ1v) is 8.82. The average Bonchev–Trinajstić information content (AvgIpc) is 2.74. The quantitative estimate of drug-likeness (QED) is 0.657. The van der Waals surface area contributed by atoms with Crippen molar-refractivity contribution in [1.29, 1.82) is 5.26 Å². The summed E-state index contributed by atoms with van der Waals surface area (Å²) in [4.78, 5) is 16.7. The first kappa shape index (κ1) is 18.9. The topological polar surface area (TPSA) is 87.0 Å². The van der Waals surface area contributed by atoms with E-state index < -0.39 is 0 Å². The Morgan fingerprint density at radius 2 is 1.96 bits per heavy atom. The third-order valence-electron chi connectivity index (χ3n) is 4.15. The van der Waals surface area contributed by atoms with Crippen LogP contribution in [0.2, 0.25) is 0 Å². The van der Waals surface area contributed by atoms with Gasteiger partial charge in [-0.2, -0.15) is 5.26 Å². The number of nitrogens with one attached hydrogen (secondary N) is 2. The highest BCUT2D eigenvalue weighted by Gasteiger charge is 2.08. The van der Waals surface area contributed by atoms with E-state index in [4.69, 9.17) is 10.00 Å². The molecular weight excluding hydrogens is 352 g/mol. The summed E-state index contributed by atoms with van der Waals surface area (Å²) in [5.41, 5.74) is 2.74. The van der Waals surface area contributed by atoms with Gasteiger partial charge in [-0.3, -0.25) is 4.79 Å². The summed E-state index contributed by atoms with van der Waals surface area (Å²) >= 11 is 0. The molecular formula is C22H20N4O2. The van der Waals surface area contributed by atoms with Gasteiger partial charge in [0.15, 0.2) is 0 Å². The van der Waals surface area contributed by atoms with E-state index >= 15 is 0 Å². The largest absolute Gasteiger partial charge is 0.497 e. The summed E-state index contributed by atoms with van der Waals surface area (Å²) in [5, 5.41) is 15.0. The molecule has 0 saturated carbocycles. The predicted molar refractivity (Wildman–Crippen MR) is 109 cm³/mol. The summed E-state index contributed by atoms with van der Waals surface area (Å²) in [6, 6.07) is 20.1. The van der Waals surface area contributed by atoms with Gasteiger partial charge >= 0.3 is 0 Å². The number of benzene rings is 2. The Morgan fingerprint density at radius 3 is 2.71 bits per heavy atom. The number of nitriles is 1. The highest BCUT2D eigenvalue weighted by molar-refractivity contribution is 6.04. The van der Waals surface area contributed by atoms with Crippen LogP contribution in [-0.4, -0.2) is 24.5 Å². The van der Waals surface area contributed by atoms with E-state index in [1.807, 2.05) is 24.3 Å². The third kappa shape index (κ3) is 5.08. The highest BCUT2D eigenvalue weighted by Crippen LogP contribution is 2.14. The Morgan fingerprint density at radius 1 is 1.14 bits per heavy atom. The number of hydrogen-bond donors (Lipinski definition) is 2. The molecule has 0 aliphatic rings. The zero-order valence-electron chi connectivity index (χ0n) is 15.5. The van der Waals surface area contributed by atoms with Crippen LogP contribution in [0.3, 0.4) is 0 Å². The van der Waals surface area contributed by atoms with Gasteiger partial charge in [-0.25, -0.2) is 4.98 Å². The smallest absolute Gasteiger partial charge is 0.255 e. The molecule has 140 valence electrons. The number of rotatable bonds is 7. The lowest BCUT2D eigenvalue weighted by Crippen LogP contribution is -2.13. The second kappa shape index (κ2) is 9.19. The van der Waals surface area contributed by atoms with Crippen molar-refractivity contribution < 1.29 is 9.53 Å². The molecule has 2 aromatic carbocycles. The molecule has 2 N–H and O–H groups in total. The van der Waals surface area contributed by atoms with Gasteiger partial charge in [0.1, 0.15) is 11.6 Å². The maximum Gasteiger partial charge on any atom is 0.255 e. The normalized spacial score (nSPS) is 10.0. The van der Waals surface area contributed by atoms with Crippen molar-refractivity contribution >= 4 is 17.4 Å². The Balaban J connectivity index is 1.58. The molecule has 1 aromatic heterocycles. The number of pyridine rings is 1. The summed E-state index contributed by atoms with van der Waals surface area (Å²) < 4.78 is 5.15. The second-order valence-corrected chi connectivity index (χ2v) is 6.10. The van der Waals surface area contributed by atoms with Crippen LogP contribution >= 0.6 is 0 Å². The first-order chi connectivity index (χ1) is 13.7. The average molecular weight is 372 g/mol. The third-order valence-corrected chi connectivity index (χ3v) is 4.15. The van der Waals surface area contributed by atoms with Crippen LogP contribution in [0.1, 0.15) is 21.5 Å². The van der Waals surface area contributed by atoms with Crippen LogP contribution < -0.4 is 15.4 Å². The van der Waals surface area contributed by atoms with Crippen molar-refractivity contribution in [3.8, 4) is 11.8 Å². The number of anilines is 2. The molecule has 1 heterocycles. The monoisotopic (exact) mass is 372 g/mol. The van der Waals surface area contributed by atoms with Crippen molar-refractivity contribution in [2.75, 3.05) is 24.3 Å². The molecule has 0 atom stereocenters. The number of hydrogen-bond acceptors (Lipinski definition) is 5. The summed E-state index contributed by atoms with van der Waals surface area (Å²) in [6.07, 6.45) is 2.42. The number of carbonyl (C=O) groups is 1. The Hall–Kier alpha value is -3.85. The summed E-state index contributed by atoms with van der Waals surface area (Å²) in [6.45, 7) is 0.689. The molecule has 0 unspecified atom stereocenters. The van der Waals surface area contributed by atoms with E-state index in [0.717, 1.165) is 12.2 Å². The zero-order valence-corrected chi connectivity index (χ0v) is 15.5. The minimum atomic E-state index is -0.254. The van der Waals surface area contributed by atoms with Crippen molar-refractivity contribution in [1.82, 2.24) is 4.98 Å². The van der Waals surface area contributed by atoms with E-state index in [2.05, 4.69) is 21.7 Å². The standard InChI is InChI=1S/C22H20N4O2/c1-28-20-7-5-16(6-8-20)9-11-24-21-14-18(10-12-25-21)22(27)26-19-4-2-3-17(13-19)15-23/h2-8,10,12-14H,9,11H2,1H3,(H,24,25)(H,26,27). The van der Waals surface area contributed by atoms with Gasteiger partial charge in [0.2, 0.25) is 0 Å². The molecule has 6 heteroatoms. The SMILES string of the molecule is COc1ccc(CCNc2cc(C(=O)Nc3cccc(C#N)c3)ccn2)cc1. The van der Waals surface area contributed by atoms with Crippen LogP contribution in [-0.2, 0) is 6.42 Å². The molecule has 3 aromatic rings. The first-order valence-electron chi connectivity index (χ1n) is 8.82. The fraction of sp³-hybridized carbons (Fsp3) is 0.136. The van der Waals surface area contributed by atoms with Crippen LogP contribution in [0.5, 0.6) is 5.75 Å².